The molecule has 0 aliphatic carbocycles. The monoisotopic (exact) mass is 360 g/mol. The van der Waals surface area contributed by atoms with Crippen LogP contribution in [0.1, 0.15) is 15.9 Å². The maximum atomic E-state index is 12.4. The highest BCUT2D eigenvalue weighted by Gasteiger charge is 2.28. The van der Waals surface area contributed by atoms with E-state index in [0.717, 1.165) is 10.0 Å². The van der Waals surface area contributed by atoms with Crippen molar-refractivity contribution in [3.63, 3.8) is 0 Å². The van der Waals surface area contributed by atoms with Gasteiger partial charge in [-0.3, -0.25) is 4.79 Å². The van der Waals surface area contributed by atoms with Crippen molar-refractivity contribution in [1.29, 1.82) is 0 Å². The molecule has 112 valence electrons. The van der Waals surface area contributed by atoms with Gasteiger partial charge in [-0.2, -0.15) is 0 Å². The highest BCUT2D eigenvalue weighted by atomic mass is 79.9. The van der Waals surface area contributed by atoms with Gasteiger partial charge in [0.25, 0.3) is 0 Å². The molecule has 0 fully saturated rings. The molecule has 0 spiro atoms. The Morgan fingerprint density at radius 1 is 1.09 bits per heavy atom. The van der Waals surface area contributed by atoms with E-state index in [4.69, 9.17) is 14.2 Å². The van der Waals surface area contributed by atoms with Gasteiger partial charge < -0.3 is 14.2 Å². The van der Waals surface area contributed by atoms with E-state index < -0.39 is 0 Å². The fraction of sp³-hybridized carbons (Fsp3) is 0.118. The molecule has 0 saturated heterocycles. The van der Waals surface area contributed by atoms with Crippen LogP contribution in [0, 0.1) is 0 Å². The van der Waals surface area contributed by atoms with E-state index in [-0.39, 0.29) is 11.5 Å². The first-order valence-corrected chi connectivity index (χ1v) is 7.37. The number of rotatable bonds is 3. The molecule has 0 aromatic heterocycles. The van der Waals surface area contributed by atoms with Gasteiger partial charge >= 0.3 is 0 Å². The van der Waals surface area contributed by atoms with Crippen molar-refractivity contribution in [2.45, 2.75) is 0 Å². The fourth-order valence-electron chi connectivity index (χ4n) is 2.25. The number of Topliss-reactive ketones (excluding diaryl/α,β-unsaturated/α-hetero) is 1. The first-order valence-electron chi connectivity index (χ1n) is 6.58. The lowest BCUT2D eigenvalue weighted by Gasteiger charge is -2.06. The third kappa shape index (κ3) is 2.60. The number of fused-ring (bicyclic) bond motifs is 1. The Balaban J connectivity index is 2.01. The summed E-state index contributed by atoms with van der Waals surface area (Å²) in [6.45, 7) is 0. The average molecular weight is 361 g/mol. The van der Waals surface area contributed by atoms with E-state index in [1.54, 1.807) is 38.5 Å². The number of ketones is 1. The number of halogens is 1. The number of ether oxygens (including phenoxy) is 3. The van der Waals surface area contributed by atoms with Gasteiger partial charge in [-0.05, 0) is 36.4 Å². The first kappa shape index (κ1) is 14.7. The Morgan fingerprint density at radius 2 is 1.91 bits per heavy atom. The molecule has 1 aliphatic heterocycles. The molecule has 0 radical (unpaired) electrons. The number of hydrogen-bond donors (Lipinski definition) is 0. The lowest BCUT2D eigenvalue weighted by molar-refractivity contribution is 0.101. The Labute approximate surface area is 136 Å². The molecule has 0 N–H and O–H groups in total. The van der Waals surface area contributed by atoms with Gasteiger partial charge in [0, 0.05) is 16.1 Å². The molecule has 2 aromatic rings. The Kier molecular flexibility index (Phi) is 3.90. The summed E-state index contributed by atoms with van der Waals surface area (Å²) >= 11 is 3.41. The van der Waals surface area contributed by atoms with E-state index >= 15 is 0 Å². The molecule has 0 atom stereocenters. The van der Waals surface area contributed by atoms with Gasteiger partial charge in [-0.25, -0.2) is 0 Å². The minimum Gasteiger partial charge on any atom is -0.497 e. The van der Waals surface area contributed by atoms with Crippen LogP contribution in [0.5, 0.6) is 17.2 Å². The molecule has 0 unspecified atom stereocenters. The Hall–Kier alpha value is -2.27. The molecule has 3 rings (SSSR count). The van der Waals surface area contributed by atoms with Crippen molar-refractivity contribution in [3.05, 3.63) is 57.8 Å². The topological polar surface area (TPSA) is 44.8 Å². The zero-order valence-corrected chi connectivity index (χ0v) is 13.6. The normalized spacial score (nSPS) is 14.7. The van der Waals surface area contributed by atoms with E-state index in [9.17, 15) is 4.79 Å². The van der Waals surface area contributed by atoms with Crippen molar-refractivity contribution in [2.75, 3.05) is 14.2 Å². The van der Waals surface area contributed by atoms with E-state index in [1.165, 1.54) is 0 Å². The predicted octanol–water partition coefficient (Wildman–Crippen LogP) is 4.08. The van der Waals surface area contributed by atoms with Crippen molar-refractivity contribution in [3.8, 4) is 17.2 Å². The molecule has 2 aromatic carbocycles. The molecular formula is C17H13BrO4. The third-order valence-electron chi connectivity index (χ3n) is 3.36. The molecule has 0 bridgehead atoms. The SMILES string of the molecule is COc1ccc2c(c1)OC(=Cc1cc(Br)ccc1OC)C2=O. The summed E-state index contributed by atoms with van der Waals surface area (Å²) in [5.41, 5.74) is 1.29. The van der Waals surface area contributed by atoms with Crippen LogP contribution in [-0.2, 0) is 0 Å². The van der Waals surface area contributed by atoms with Crippen molar-refractivity contribution in [1.82, 2.24) is 0 Å². The van der Waals surface area contributed by atoms with Crippen molar-refractivity contribution in [2.24, 2.45) is 0 Å². The van der Waals surface area contributed by atoms with Gasteiger partial charge in [-0.1, -0.05) is 15.9 Å². The second-order valence-electron chi connectivity index (χ2n) is 4.69. The van der Waals surface area contributed by atoms with Crippen LogP contribution >= 0.6 is 15.9 Å². The summed E-state index contributed by atoms with van der Waals surface area (Å²) in [5, 5.41) is 0. The highest BCUT2D eigenvalue weighted by molar-refractivity contribution is 9.10. The van der Waals surface area contributed by atoms with Crippen LogP contribution in [0.3, 0.4) is 0 Å². The average Bonchev–Trinajstić information content (AvgIpc) is 2.83. The van der Waals surface area contributed by atoms with Crippen LogP contribution in [0.15, 0.2) is 46.6 Å². The summed E-state index contributed by atoms with van der Waals surface area (Å²) < 4.78 is 17.0. The Morgan fingerprint density at radius 3 is 2.64 bits per heavy atom. The summed E-state index contributed by atoms with van der Waals surface area (Å²) in [5.74, 6) is 1.93. The van der Waals surface area contributed by atoms with Crippen LogP contribution in [0.4, 0.5) is 0 Å². The predicted molar refractivity (Wildman–Crippen MR) is 86.6 cm³/mol. The van der Waals surface area contributed by atoms with Crippen molar-refractivity contribution < 1.29 is 19.0 Å². The smallest absolute Gasteiger partial charge is 0.231 e. The van der Waals surface area contributed by atoms with Crippen LogP contribution in [-0.4, -0.2) is 20.0 Å². The van der Waals surface area contributed by atoms with E-state index in [0.29, 0.717) is 22.8 Å². The minimum absolute atomic E-state index is 0.153. The van der Waals surface area contributed by atoms with Crippen LogP contribution < -0.4 is 14.2 Å². The lowest BCUT2D eigenvalue weighted by Crippen LogP contribution is -1.98. The minimum atomic E-state index is -0.153. The third-order valence-corrected chi connectivity index (χ3v) is 3.85. The quantitative estimate of drug-likeness (QED) is 0.773. The summed E-state index contributed by atoms with van der Waals surface area (Å²) in [7, 11) is 3.16. The second-order valence-corrected chi connectivity index (χ2v) is 5.60. The number of allylic oxidation sites excluding steroid dienone is 1. The van der Waals surface area contributed by atoms with Gasteiger partial charge in [0.1, 0.15) is 17.2 Å². The zero-order valence-electron chi connectivity index (χ0n) is 12.1. The summed E-state index contributed by atoms with van der Waals surface area (Å²) in [4.78, 5) is 12.4. The number of carbonyl (C=O) groups is 1. The molecule has 1 heterocycles. The zero-order chi connectivity index (χ0) is 15.7. The fourth-order valence-corrected chi connectivity index (χ4v) is 2.63. The second kappa shape index (κ2) is 5.85. The van der Waals surface area contributed by atoms with Gasteiger partial charge in [0.15, 0.2) is 5.76 Å². The molecule has 5 heteroatoms. The lowest BCUT2D eigenvalue weighted by atomic mass is 10.1. The molecule has 4 nitrogen and oxygen atoms in total. The number of carbonyl (C=O) groups excluding carboxylic acids is 1. The maximum absolute atomic E-state index is 12.4. The summed E-state index contributed by atoms with van der Waals surface area (Å²) in [6.07, 6.45) is 1.68. The van der Waals surface area contributed by atoms with Gasteiger partial charge in [0.2, 0.25) is 5.78 Å². The largest absolute Gasteiger partial charge is 0.497 e. The maximum Gasteiger partial charge on any atom is 0.231 e. The van der Waals surface area contributed by atoms with Crippen molar-refractivity contribution >= 4 is 27.8 Å². The molecule has 22 heavy (non-hydrogen) atoms. The Bertz CT molecular complexity index is 780. The molecule has 0 saturated carbocycles. The van der Waals surface area contributed by atoms with Gasteiger partial charge in [0.05, 0.1) is 19.8 Å². The molecular weight excluding hydrogens is 348 g/mol. The van der Waals surface area contributed by atoms with Gasteiger partial charge in [-0.15, -0.1) is 0 Å². The standard InChI is InChI=1S/C17H13BrO4/c1-20-12-4-5-13-15(9-12)22-16(17(13)19)8-10-7-11(18)3-6-14(10)21-2/h3-9H,1-2H3. The number of methoxy groups -OCH3 is 2. The summed E-state index contributed by atoms with van der Waals surface area (Å²) in [6, 6.07) is 10.7. The number of benzene rings is 2. The molecule has 0 amide bonds. The van der Waals surface area contributed by atoms with E-state index in [2.05, 4.69) is 15.9 Å². The number of hydrogen-bond acceptors (Lipinski definition) is 4. The van der Waals surface area contributed by atoms with E-state index in [1.807, 2.05) is 18.2 Å². The molecule has 1 aliphatic rings. The first-order chi connectivity index (χ1) is 10.6. The highest BCUT2D eigenvalue weighted by Crippen LogP contribution is 2.36. The van der Waals surface area contributed by atoms with Crippen LogP contribution in [0.25, 0.3) is 6.08 Å². The van der Waals surface area contributed by atoms with Crippen LogP contribution in [0.2, 0.25) is 0 Å².